The van der Waals surface area contributed by atoms with Crippen molar-refractivity contribution in [2.24, 2.45) is 0 Å². The smallest absolute Gasteiger partial charge is 0.358 e. The molecule has 0 spiro atoms. The van der Waals surface area contributed by atoms with Gasteiger partial charge in [-0.1, -0.05) is 0 Å². The molecule has 0 saturated carbocycles. The van der Waals surface area contributed by atoms with Gasteiger partial charge in [-0.25, -0.2) is 9.97 Å². The maximum Gasteiger partial charge on any atom is 0.433 e. The molecule has 0 saturated heterocycles. The van der Waals surface area contributed by atoms with Crippen LogP contribution in [-0.2, 0) is 11.7 Å². The number of aromatic nitrogens is 2. The zero-order valence-corrected chi connectivity index (χ0v) is 12.0. The van der Waals surface area contributed by atoms with E-state index in [1.807, 2.05) is 6.07 Å². The fourth-order valence-corrected chi connectivity index (χ4v) is 2.40. The van der Waals surface area contributed by atoms with Gasteiger partial charge in [-0.2, -0.15) is 18.4 Å². The van der Waals surface area contributed by atoms with Crippen LogP contribution in [0, 0.1) is 11.3 Å². The summed E-state index contributed by atoms with van der Waals surface area (Å²) in [5.41, 5.74) is -1.73. The number of alkyl halides is 3. The van der Waals surface area contributed by atoms with Gasteiger partial charge in [0.25, 0.3) is 0 Å². The number of thiazole rings is 1. The Kier molecular flexibility index (Phi) is 3.87. The quantitative estimate of drug-likeness (QED) is 0.937. The monoisotopic (exact) mass is 312 g/mol. The predicted octanol–water partition coefficient (Wildman–Crippen LogP) is 3.78. The van der Waals surface area contributed by atoms with Crippen molar-refractivity contribution in [1.29, 1.82) is 5.26 Å². The number of nitriles is 1. The lowest BCUT2D eigenvalue weighted by atomic mass is 10.1. The minimum atomic E-state index is -4.56. The standard InChI is InChI=1S/C13H11F3N4S/c1-12(2,11-18-5-6-21-11)20-10-8(7-17)3-4-9(19-10)13(14,15)16/h3-6H,1-2H3,(H,19,20). The van der Waals surface area contributed by atoms with E-state index in [9.17, 15) is 13.2 Å². The molecule has 8 heteroatoms. The molecule has 0 amide bonds. The summed E-state index contributed by atoms with van der Waals surface area (Å²) in [5, 5.41) is 14.3. The third-order valence-corrected chi connectivity index (χ3v) is 3.80. The first-order valence-corrected chi connectivity index (χ1v) is 6.78. The largest absolute Gasteiger partial charge is 0.433 e. The molecular formula is C13H11F3N4S. The van der Waals surface area contributed by atoms with E-state index in [0.29, 0.717) is 5.01 Å². The summed E-state index contributed by atoms with van der Waals surface area (Å²) in [4.78, 5) is 7.66. The number of nitrogens with one attached hydrogen (secondary N) is 1. The molecule has 0 aliphatic carbocycles. The Morgan fingerprint density at radius 2 is 2.00 bits per heavy atom. The van der Waals surface area contributed by atoms with E-state index in [1.54, 1.807) is 25.4 Å². The molecule has 0 bridgehead atoms. The van der Waals surface area contributed by atoms with Crippen LogP contribution in [0.25, 0.3) is 0 Å². The number of hydrogen-bond acceptors (Lipinski definition) is 5. The summed E-state index contributed by atoms with van der Waals surface area (Å²) in [6.07, 6.45) is -2.95. The fourth-order valence-electron chi connectivity index (χ4n) is 1.68. The van der Waals surface area contributed by atoms with Crippen molar-refractivity contribution < 1.29 is 13.2 Å². The molecule has 0 atom stereocenters. The molecule has 4 nitrogen and oxygen atoms in total. The molecule has 0 fully saturated rings. The molecular weight excluding hydrogens is 301 g/mol. The first-order chi connectivity index (χ1) is 9.74. The SMILES string of the molecule is CC(C)(Nc1nc(C(F)(F)F)ccc1C#N)c1nccs1. The molecule has 2 aromatic rings. The first-order valence-electron chi connectivity index (χ1n) is 5.90. The Balaban J connectivity index is 2.41. The third-order valence-electron chi connectivity index (χ3n) is 2.70. The van der Waals surface area contributed by atoms with Gasteiger partial charge in [0.1, 0.15) is 22.6 Å². The van der Waals surface area contributed by atoms with Gasteiger partial charge in [0.05, 0.1) is 11.1 Å². The maximum atomic E-state index is 12.7. The van der Waals surface area contributed by atoms with Crippen LogP contribution in [0.1, 0.15) is 30.1 Å². The number of rotatable bonds is 3. The molecule has 0 radical (unpaired) electrons. The normalized spacial score (nSPS) is 12.0. The molecule has 1 N–H and O–H groups in total. The van der Waals surface area contributed by atoms with Gasteiger partial charge in [-0.3, -0.25) is 0 Å². The van der Waals surface area contributed by atoms with E-state index < -0.39 is 17.4 Å². The zero-order valence-electron chi connectivity index (χ0n) is 11.2. The minimum Gasteiger partial charge on any atom is -0.358 e. The third kappa shape index (κ3) is 3.31. The summed E-state index contributed by atoms with van der Waals surface area (Å²) in [6.45, 7) is 3.52. The predicted molar refractivity (Wildman–Crippen MR) is 72.7 cm³/mol. The second kappa shape index (κ2) is 5.33. The summed E-state index contributed by atoms with van der Waals surface area (Å²) < 4.78 is 38.2. The number of hydrogen-bond donors (Lipinski definition) is 1. The second-order valence-electron chi connectivity index (χ2n) is 4.79. The van der Waals surface area contributed by atoms with Crippen molar-refractivity contribution in [3.63, 3.8) is 0 Å². The van der Waals surface area contributed by atoms with Crippen LogP contribution in [0.5, 0.6) is 0 Å². The van der Waals surface area contributed by atoms with Gasteiger partial charge >= 0.3 is 6.18 Å². The van der Waals surface area contributed by atoms with E-state index in [-0.39, 0.29) is 11.4 Å². The molecule has 0 aromatic carbocycles. The van der Waals surface area contributed by atoms with E-state index in [1.165, 1.54) is 11.3 Å². The molecule has 2 rings (SSSR count). The van der Waals surface area contributed by atoms with Crippen molar-refractivity contribution in [3.8, 4) is 6.07 Å². The molecule has 2 aromatic heterocycles. The lowest BCUT2D eigenvalue weighted by Gasteiger charge is -2.25. The summed E-state index contributed by atoms with van der Waals surface area (Å²) in [6, 6.07) is 3.73. The van der Waals surface area contributed by atoms with Crippen LogP contribution in [0.4, 0.5) is 19.0 Å². The highest BCUT2D eigenvalue weighted by atomic mass is 32.1. The van der Waals surface area contributed by atoms with Crippen LogP contribution in [0.15, 0.2) is 23.7 Å². The van der Waals surface area contributed by atoms with Crippen molar-refractivity contribution in [2.75, 3.05) is 5.32 Å². The van der Waals surface area contributed by atoms with Crippen LogP contribution in [0.2, 0.25) is 0 Å². The number of nitrogens with zero attached hydrogens (tertiary/aromatic N) is 3. The van der Waals surface area contributed by atoms with Gasteiger partial charge in [0.15, 0.2) is 0 Å². The van der Waals surface area contributed by atoms with Crippen LogP contribution >= 0.6 is 11.3 Å². The zero-order chi connectivity index (χ0) is 15.7. The molecule has 0 aliphatic heterocycles. The lowest BCUT2D eigenvalue weighted by Crippen LogP contribution is -2.29. The highest BCUT2D eigenvalue weighted by molar-refractivity contribution is 7.09. The number of pyridine rings is 1. The van der Waals surface area contributed by atoms with Crippen molar-refractivity contribution in [1.82, 2.24) is 9.97 Å². The molecule has 110 valence electrons. The minimum absolute atomic E-state index is 0.0487. The average molecular weight is 312 g/mol. The van der Waals surface area contributed by atoms with Crippen LogP contribution < -0.4 is 5.32 Å². The highest BCUT2D eigenvalue weighted by Crippen LogP contribution is 2.32. The number of anilines is 1. The Morgan fingerprint density at radius 3 is 2.52 bits per heavy atom. The second-order valence-corrected chi connectivity index (χ2v) is 5.68. The summed E-state index contributed by atoms with van der Waals surface area (Å²) >= 11 is 1.37. The fraction of sp³-hybridized carbons (Fsp3) is 0.308. The van der Waals surface area contributed by atoms with E-state index in [4.69, 9.17) is 5.26 Å². The maximum absolute atomic E-state index is 12.7. The Bertz CT molecular complexity index is 672. The number of halogens is 3. The Labute approximate surface area is 123 Å². The van der Waals surface area contributed by atoms with Crippen molar-refractivity contribution in [3.05, 3.63) is 40.0 Å². The van der Waals surface area contributed by atoms with E-state index in [2.05, 4.69) is 15.3 Å². The van der Waals surface area contributed by atoms with Crippen LogP contribution in [-0.4, -0.2) is 9.97 Å². The topological polar surface area (TPSA) is 61.6 Å². The molecule has 2 heterocycles. The summed E-state index contributed by atoms with van der Waals surface area (Å²) in [5.74, 6) is -0.104. The van der Waals surface area contributed by atoms with Gasteiger partial charge in [0, 0.05) is 11.6 Å². The van der Waals surface area contributed by atoms with Gasteiger partial charge in [-0.15, -0.1) is 11.3 Å². The molecule has 0 aliphatic rings. The highest BCUT2D eigenvalue weighted by Gasteiger charge is 2.34. The average Bonchev–Trinajstić information content (AvgIpc) is 2.91. The van der Waals surface area contributed by atoms with E-state index >= 15 is 0 Å². The molecule has 0 unspecified atom stereocenters. The van der Waals surface area contributed by atoms with Gasteiger partial charge < -0.3 is 5.32 Å². The lowest BCUT2D eigenvalue weighted by molar-refractivity contribution is -0.141. The van der Waals surface area contributed by atoms with Gasteiger partial charge in [-0.05, 0) is 26.0 Å². The Morgan fingerprint density at radius 1 is 1.29 bits per heavy atom. The summed E-state index contributed by atoms with van der Waals surface area (Å²) in [7, 11) is 0. The van der Waals surface area contributed by atoms with Crippen molar-refractivity contribution in [2.45, 2.75) is 25.6 Å². The Hall–Kier alpha value is -2.14. The van der Waals surface area contributed by atoms with Crippen LogP contribution in [0.3, 0.4) is 0 Å². The van der Waals surface area contributed by atoms with Crippen molar-refractivity contribution >= 4 is 17.2 Å². The molecule has 21 heavy (non-hydrogen) atoms. The van der Waals surface area contributed by atoms with E-state index in [0.717, 1.165) is 12.1 Å². The van der Waals surface area contributed by atoms with Gasteiger partial charge in [0.2, 0.25) is 0 Å². The first kappa shape index (κ1) is 15.3.